The highest BCUT2D eigenvalue weighted by molar-refractivity contribution is 5.90. The zero-order valence-electron chi connectivity index (χ0n) is 9.77. The SMILES string of the molecule is CCOc1ccc(/C=C/C(=O)NO)cc1OC. The van der Waals surface area contributed by atoms with E-state index in [1.165, 1.54) is 11.6 Å². The number of carbonyl (C=O) groups excluding carboxylic acids is 1. The monoisotopic (exact) mass is 237 g/mol. The molecule has 1 amide bonds. The molecule has 0 fully saturated rings. The Hall–Kier alpha value is -2.01. The van der Waals surface area contributed by atoms with Crippen molar-refractivity contribution in [3.05, 3.63) is 29.8 Å². The van der Waals surface area contributed by atoms with E-state index in [1.807, 2.05) is 6.92 Å². The van der Waals surface area contributed by atoms with Crippen molar-refractivity contribution in [2.75, 3.05) is 13.7 Å². The molecule has 0 atom stereocenters. The van der Waals surface area contributed by atoms with E-state index in [0.717, 1.165) is 5.56 Å². The quantitative estimate of drug-likeness (QED) is 0.464. The van der Waals surface area contributed by atoms with E-state index in [9.17, 15) is 4.79 Å². The van der Waals surface area contributed by atoms with Gasteiger partial charge in [0.1, 0.15) is 0 Å². The van der Waals surface area contributed by atoms with Crippen molar-refractivity contribution >= 4 is 12.0 Å². The maximum absolute atomic E-state index is 10.8. The third-order valence-corrected chi connectivity index (χ3v) is 2.02. The van der Waals surface area contributed by atoms with Crippen LogP contribution in [-0.4, -0.2) is 24.8 Å². The van der Waals surface area contributed by atoms with E-state index in [-0.39, 0.29) is 0 Å². The Bertz CT molecular complexity index is 415. The lowest BCUT2D eigenvalue weighted by Crippen LogP contribution is -2.14. The molecule has 0 aliphatic carbocycles. The first-order valence-corrected chi connectivity index (χ1v) is 5.14. The number of ether oxygens (including phenoxy) is 2. The number of hydrogen-bond donors (Lipinski definition) is 2. The largest absolute Gasteiger partial charge is 0.493 e. The Morgan fingerprint density at radius 1 is 1.47 bits per heavy atom. The van der Waals surface area contributed by atoms with Gasteiger partial charge in [-0.3, -0.25) is 10.0 Å². The van der Waals surface area contributed by atoms with Gasteiger partial charge in [0.15, 0.2) is 11.5 Å². The van der Waals surface area contributed by atoms with E-state index in [4.69, 9.17) is 14.7 Å². The summed E-state index contributed by atoms with van der Waals surface area (Å²) in [5.74, 6) is 0.662. The van der Waals surface area contributed by atoms with Gasteiger partial charge in [-0.15, -0.1) is 0 Å². The molecule has 17 heavy (non-hydrogen) atoms. The fourth-order valence-electron chi connectivity index (χ4n) is 1.27. The third kappa shape index (κ3) is 3.81. The summed E-state index contributed by atoms with van der Waals surface area (Å²) >= 11 is 0. The standard InChI is InChI=1S/C12H15NO4/c1-3-17-10-6-4-9(8-11(10)16-2)5-7-12(14)13-15/h4-8,15H,3H2,1-2H3,(H,13,14)/b7-5+. The van der Waals surface area contributed by atoms with Crippen LogP contribution in [0.15, 0.2) is 24.3 Å². The summed E-state index contributed by atoms with van der Waals surface area (Å²) in [6.45, 7) is 2.44. The highest BCUT2D eigenvalue weighted by Crippen LogP contribution is 2.28. The Morgan fingerprint density at radius 3 is 2.82 bits per heavy atom. The second-order valence-electron chi connectivity index (χ2n) is 3.15. The molecule has 1 rings (SSSR count). The maximum atomic E-state index is 10.8. The first-order chi connectivity index (χ1) is 8.21. The van der Waals surface area contributed by atoms with Crippen LogP contribution in [0.4, 0.5) is 0 Å². The Balaban J connectivity index is 2.89. The number of methoxy groups -OCH3 is 1. The van der Waals surface area contributed by atoms with Gasteiger partial charge in [0.2, 0.25) is 0 Å². The van der Waals surface area contributed by atoms with Gasteiger partial charge in [0.25, 0.3) is 5.91 Å². The van der Waals surface area contributed by atoms with Crippen molar-refractivity contribution in [1.29, 1.82) is 0 Å². The molecule has 0 radical (unpaired) electrons. The Kier molecular flexibility index (Phi) is 5.03. The smallest absolute Gasteiger partial charge is 0.267 e. The predicted molar refractivity (Wildman–Crippen MR) is 63.1 cm³/mol. The summed E-state index contributed by atoms with van der Waals surface area (Å²) in [4.78, 5) is 10.8. The van der Waals surface area contributed by atoms with Crippen LogP contribution in [0.3, 0.4) is 0 Å². The molecule has 92 valence electrons. The van der Waals surface area contributed by atoms with E-state index in [2.05, 4.69) is 0 Å². The van der Waals surface area contributed by atoms with Crippen LogP contribution in [-0.2, 0) is 4.79 Å². The number of hydrogen-bond acceptors (Lipinski definition) is 4. The van der Waals surface area contributed by atoms with Crippen molar-refractivity contribution < 1.29 is 19.5 Å². The summed E-state index contributed by atoms with van der Waals surface area (Å²) in [6.07, 6.45) is 2.78. The van der Waals surface area contributed by atoms with Gasteiger partial charge in [-0.2, -0.15) is 0 Å². The fourth-order valence-corrected chi connectivity index (χ4v) is 1.27. The molecular formula is C12H15NO4. The van der Waals surface area contributed by atoms with E-state index < -0.39 is 5.91 Å². The molecule has 0 unspecified atom stereocenters. The lowest BCUT2D eigenvalue weighted by molar-refractivity contribution is -0.124. The molecule has 2 N–H and O–H groups in total. The summed E-state index contributed by atoms with van der Waals surface area (Å²) < 4.78 is 10.5. The zero-order chi connectivity index (χ0) is 12.7. The van der Waals surface area contributed by atoms with Crippen molar-refractivity contribution in [2.45, 2.75) is 6.92 Å². The first kappa shape index (κ1) is 13.1. The van der Waals surface area contributed by atoms with E-state index in [1.54, 1.807) is 31.4 Å². The van der Waals surface area contributed by atoms with Crippen LogP contribution in [0.2, 0.25) is 0 Å². The summed E-state index contributed by atoms with van der Waals surface area (Å²) in [7, 11) is 1.55. The van der Waals surface area contributed by atoms with Gasteiger partial charge in [0, 0.05) is 6.08 Å². The lowest BCUT2D eigenvalue weighted by atomic mass is 10.2. The van der Waals surface area contributed by atoms with Gasteiger partial charge in [0.05, 0.1) is 13.7 Å². The normalized spacial score (nSPS) is 10.3. The number of carbonyl (C=O) groups is 1. The van der Waals surface area contributed by atoms with Crippen LogP contribution in [0.25, 0.3) is 6.08 Å². The van der Waals surface area contributed by atoms with Gasteiger partial charge in [-0.25, -0.2) is 5.48 Å². The molecule has 5 nitrogen and oxygen atoms in total. The molecule has 0 saturated carbocycles. The number of benzene rings is 1. The summed E-state index contributed by atoms with van der Waals surface area (Å²) in [5.41, 5.74) is 2.29. The molecule has 1 aromatic rings. The fraction of sp³-hybridized carbons (Fsp3) is 0.250. The van der Waals surface area contributed by atoms with Gasteiger partial charge in [-0.1, -0.05) is 6.07 Å². The molecular weight excluding hydrogens is 222 g/mol. The predicted octanol–water partition coefficient (Wildman–Crippen LogP) is 1.61. The third-order valence-electron chi connectivity index (χ3n) is 2.02. The topological polar surface area (TPSA) is 67.8 Å². The molecule has 0 aliphatic rings. The molecule has 0 spiro atoms. The average molecular weight is 237 g/mol. The molecule has 1 aromatic carbocycles. The second-order valence-corrected chi connectivity index (χ2v) is 3.15. The molecule has 0 aromatic heterocycles. The highest BCUT2D eigenvalue weighted by atomic mass is 16.5. The average Bonchev–Trinajstić information content (AvgIpc) is 2.37. The van der Waals surface area contributed by atoms with Crippen LogP contribution in [0.5, 0.6) is 11.5 Å². The molecule has 0 bridgehead atoms. The van der Waals surface area contributed by atoms with Crippen LogP contribution in [0.1, 0.15) is 12.5 Å². The molecule has 0 saturated heterocycles. The molecule has 0 aliphatic heterocycles. The van der Waals surface area contributed by atoms with Gasteiger partial charge < -0.3 is 9.47 Å². The van der Waals surface area contributed by atoms with Crippen molar-refractivity contribution in [2.24, 2.45) is 0 Å². The minimum absolute atomic E-state index is 0.554. The van der Waals surface area contributed by atoms with Crippen molar-refractivity contribution in [3.8, 4) is 11.5 Å². The number of rotatable bonds is 5. The summed E-state index contributed by atoms with van der Waals surface area (Å²) in [6, 6.07) is 5.29. The van der Waals surface area contributed by atoms with Crippen LogP contribution in [0, 0.1) is 0 Å². The molecule has 5 heteroatoms. The van der Waals surface area contributed by atoms with Crippen molar-refractivity contribution in [3.63, 3.8) is 0 Å². The van der Waals surface area contributed by atoms with Crippen LogP contribution < -0.4 is 15.0 Å². The number of hydroxylamine groups is 1. The number of nitrogens with one attached hydrogen (secondary N) is 1. The maximum Gasteiger partial charge on any atom is 0.267 e. The van der Waals surface area contributed by atoms with Crippen molar-refractivity contribution in [1.82, 2.24) is 5.48 Å². The lowest BCUT2D eigenvalue weighted by Gasteiger charge is -2.09. The van der Waals surface area contributed by atoms with E-state index in [0.29, 0.717) is 18.1 Å². The second kappa shape index (κ2) is 6.55. The van der Waals surface area contributed by atoms with Gasteiger partial charge >= 0.3 is 0 Å². The highest BCUT2D eigenvalue weighted by Gasteiger charge is 2.03. The Morgan fingerprint density at radius 2 is 2.24 bits per heavy atom. The Labute approximate surface area is 99.6 Å². The zero-order valence-corrected chi connectivity index (χ0v) is 9.77. The first-order valence-electron chi connectivity index (χ1n) is 5.14. The van der Waals surface area contributed by atoms with Gasteiger partial charge in [-0.05, 0) is 30.7 Å². The van der Waals surface area contributed by atoms with E-state index >= 15 is 0 Å². The minimum atomic E-state index is -0.585. The summed E-state index contributed by atoms with van der Waals surface area (Å²) in [5, 5.41) is 8.33. The number of amides is 1. The minimum Gasteiger partial charge on any atom is -0.493 e. The molecule has 0 heterocycles. The van der Waals surface area contributed by atoms with Crippen LogP contribution >= 0.6 is 0 Å².